The molecule has 7 nitrogen and oxygen atoms in total. The molecule has 2 rings (SSSR count). The van der Waals surface area contributed by atoms with Crippen LogP contribution in [0.1, 0.15) is 29.1 Å². The maximum absolute atomic E-state index is 12.4. The van der Waals surface area contributed by atoms with Gasteiger partial charge < -0.3 is 19.4 Å². The maximum Gasteiger partial charge on any atom is 0.255 e. The van der Waals surface area contributed by atoms with Crippen LogP contribution in [0.4, 0.5) is 0 Å². The normalized spacial score (nSPS) is 11.8. The first kappa shape index (κ1) is 14.8. The highest BCUT2D eigenvalue weighted by Crippen LogP contribution is 2.30. The molecule has 0 aliphatic carbocycles. The smallest absolute Gasteiger partial charge is 0.255 e. The second-order valence-corrected chi connectivity index (χ2v) is 4.54. The molecule has 0 fully saturated rings. The van der Waals surface area contributed by atoms with Crippen LogP contribution in [-0.4, -0.2) is 34.9 Å². The molecule has 1 heterocycles. The molecule has 0 radical (unpaired) electrons. The van der Waals surface area contributed by atoms with E-state index in [2.05, 4.69) is 15.5 Å². The van der Waals surface area contributed by atoms with Gasteiger partial charge in [-0.25, -0.2) is 0 Å². The number of benzene rings is 1. The number of carbonyl (C=O) groups is 1. The highest BCUT2D eigenvalue weighted by molar-refractivity contribution is 5.98. The lowest BCUT2D eigenvalue weighted by Crippen LogP contribution is -2.28. The van der Waals surface area contributed by atoms with Gasteiger partial charge in [0.2, 0.25) is 0 Å². The number of hydrogen-bond donors (Lipinski definition) is 1. The first-order valence-corrected chi connectivity index (χ1v) is 6.44. The van der Waals surface area contributed by atoms with Crippen LogP contribution in [0.25, 0.3) is 0 Å². The summed E-state index contributed by atoms with van der Waals surface area (Å²) in [6.07, 6.45) is 1.59. The number of carbonyl (C=O) groups excluding carboxylic acids is 1. The van der Waals surface area contributed by atoms with Gasteiger partial charge in [0.15, 0.2) is 17.3 Å². The van der Waals surface area contributed by atoms with E-state index in [1.54, 1.807) is 29.1 Å². The van der Waals surface area contributed by atoms with E-state index in [-0.39, 0.29) is 11.9 Å². The Bertz CT molecular complexity index is 639. The molecular formula is C14H18N4O3. The first-order valence-electron chi connectivity index (χ1n) is 6.44. The summed E-state index contributed by atoms with van der Waals surface area (Å²) in [7, 11) is 4.85. The van der Waals surface area contributed by atoms with Crippen LogP contribution < -0.4 is 14.8 Å². The van der Waals surface area contributed by atoms with Gasteiger partial charge >= 0.3 is 0 Å². The minimum Gasteiger partial charge on any atom is -0.493 e. The fourth-order valence-electron chi connectivity index (χ4n) is 2.09. The maximum atomic E-state index is 12.4. The van der Waals surface area contributed by atoms with Crippen molar-refractivity contribution in [1.29, 1.82) is 0 Å². The van der Waals surface area contributed by atoms with Crippen LogP contribution in [-0.2, 0) is 7.05 Å². The molecule has 0 spiro atoms. The summed E-state index contributed by atoms with van der Waals surface area (Å²) in [5.41, 5.74) is 0.408. The third-order valence-electron chi connectivity index (χ3n) is 3.13. The first-order chi connectivity index (χ1) is 10.1. The van der Waals surface area contributed by atoms with Gasteiger partial charge in [0, 0.05) is 7.05 Å². The average molecular weight is 290 g/mol. The highest BCUT2D eigenvalue weighted by Gasteiger charge is 2.20. The Hall–Kier alpha value is -2.57. The van der Waals surface area contributed by atoms with Crippen molar-refractivity contribution in [2.75, 3.05) is 14.2 Å². The summed E-state index contributed by atoms with van der Waals surface area (Å²) in [5, 5.41) is 10.6. The zero-order chi connectivity index (χ0) is 15.4. The minimum atomic E-state index is -0.277. The van der Waals surface area contributed by atoms with Crippen molar-refractivity contribution in [2.45, 2.75) is 13.0 Å². The number of nitrogens with zero attached hydrogens (tertiary/aromatic N) is 3. The van der Waals surface area contributed by atoms with Gasteiger partial charge in [0.1, 0.15) is 6.33 Å². The second-order valence-electron chi connectivity index (χ2n) is 4.54. The highest BCUT2D eigenvalue weighted by atomic mass is 16.5. The van der Waals surface area contributed by atoms with Crippen LogP contribution in [0.5, 0.6) is 11.5 Å². The van der Waals surface area contributed by atoms with Crippen molar-refractivity contribution in [3.63, 3.8) is 0 Å². The van der Waals surface area contributed by atoms with E-state index >= 15 is 0 Å². The van der Waals surface area contributed by atoms with Crippen LogP contribution >= 0.6 is 0 Å². The number of nitrogens with one attached hydrogen (secondary N) is 1. The Labute approximate surface area is 122 Å². The standard InChI is InChI=1S/C14H18N4O3/c1-9(13-17-15-8-18(13)2)16-14(19)10-6-5-7-11(20-3)12(10)21-4/h5-9H,1-4H3,(H,16,19). The fraction of sp³-hybridized carbons (Fsp3) is 0.357. The molecule has 0 aliphatic heterocycles. The predicted octanol–water partition coefficient (Wildman–Crippen LogP) is 1.32. The molecule has 1 aromatic carbocycles. The topological polar surface area (TPSA) is 78.3 Å². The Balaban J connectivity index is 2.23. The number of methoxy groups -OCH3 is 2. The summed E-state index contributed by atoms with van der Waals surface area (Å²) in [4.78, 5) is 12.4. The van der Waals surface area contributed by atoms with Crippen molar-refractivity contribution in [2.24, 2.45) is 7.05 Å². The predicted molar refractivity (Wildman–Crippen MR) is 76.4 cm³/mol. The molecular weight excluding hydrogens is 272 g/mol. The lowest BCUT2D eigenvalue weighted by molar-refractivity contribution is 0.0934. The van der Waals surface area contributed by atoms with Gasteiger partial charge in [0.25, 0.3) is 5.91 Å². The Morgan fingerprint density at radius 2 is 2.10 bits per heavy atom. The van der Waals surface area contributed by atoms with E-state index in [1.807, 2.05) is 14.0 Å². The summed E-state index contributed by atoms with van der Waals surface area (Å²) >= 11 is 0. The molecule has 0 aliphatic rings. The Morgan fingerprint density at radius 1 is 1.33 bits per heavy atom. The SMILES string of the molecule is COc1cccc(C(=O)NC(C)c2nncn2C)c1OC. The summed E-state index contributed by atoms with van der Waals surface area (Å²) < 4.78 is 12.2. The molecule has 1 atom stereocenters. The molecule has 1 aromatic heterocycles. The number of aryl methyl sites for hydroxylation is 1. The van der Waals surface area contributed by atoms with E-state index in [9.17, 15) is 4.79 Å². The number of para-hydroxylation sites is 1. The van der Waals surface area contributed by atoms with Crippen LogP contribution in [0.2, 0.25) is 0 Å². The van der Waals surface area contributed by atoms with Gasteiger partial charge in [-0.05, 0) is 19.1 Å². The molecule has 112 valence electrons. The second kappa shape index (κ2) is 6.25. The van der Waals surface area contributed by atoms with E-state index < -0.39 is 0 Å². The molecule has 0 saturated carbocycles. The average Bonchev–Trinajstić information content (AvgIpc) is 2.92. The van der Waals surface area contributed by atoms with Gasteiger partial charge in [-0.15, -0.1) is 10.2 Å². The van der Waals surface area contributed by atoms with E-state index in [1.165, 1.54) is 14.2 Å². The molecule has 0 bridgehead atoms. The fourth-order valence-corrected chi connectivity index (χ4v) is 2.09. The van der Waals surface area contributed by atoms with E-state index in [4.69, 9.17) is 9.47 Å². The van der Waals surface area contributed by atoms with Gasteiger partial charge in [-0.2, -0.15) is 0 Å². The summed E-state index contributed by atoms with van der Waals surface area (Å²) in [6.45, 7) is 1.84. The lowest BCUT2D eigenvalue weighted by atomic mass is 10.1. The van der Waals surface area contributed by atoms with Crippen molar-refractivity contribution < 1.29 is 14.3 Å². The summed E-state index contributed by atoms with van der Waals surface area (Å²) in [6, 6.07) is 4.88. The van der Waals surface area contributed by atoms with Gasteiger partial charge in [-0.3, -0.25) is 4.79 Å². The molecule has 1 amide bonds. The van der Waals surface area contributed by atoms with Crippen molar-refractivity contribution >= 4 is 5.91 Å². The van der Waals surface area contributed by atoms with E-state index in [0.717, 1.165) is 0 Å². The van der Waals surface area contributed by atoms with Crippen LogP contribution in [0, 0.1) is 0 Å². The van der Waals surface area contributed by atoms with Crippen molar-refractivity contribution in [1.82, 2.24) is 20.1 Å². The van der Waals surface area contributed by atoms with Gasteiger partial charge in [0.05, 0.1) is 25.8 Å². The number of ether oxygens (including phenoxy) is 2. The molecule has 7 heteroatoms. The monoisotopic (exact) mass is 290 g/mol. The quantitative estimate of drug-likeness (QED) is 0.898. The largest absolute Gasteiger partial charge is 0.493 e. The number of hydrogen-bond acceptors (Lipinski definition) is 5. The third kappa shape index (κ3) is 2.96. The Kier molecular flexibility index (Phi) is 4.42. The third-order valence-corrected chi connectivity index (χ3v) is 3.13. The lowest BCUT2D eigenvalue weighted by Gasteiger charge is -2.16. The van der Waals surface area contributed by atoms with Crippen molar-refractivity contribution in [3.05, 3.63) is 35.9 Å². The molecule has 0 saturated heterocycles. The minimum absolute atomic E-state index is 0.263. The zero-order valence-electron chi connectivity index (χ0n) is 12.5. The molecule has 21 heavy (non-hydrogen) atoms. The van der Waals surface area contributed by atoms with E-state index in [0.29, 0.717) is 22.9 Å². The zero-order valence-corrected chi connectivity index (χ0v) is 12.5. The molecule has 2 aromatic rings. The number of rotatable bonds is 5. The van der Waals surface area contributed by atoms with Crippen LogP contribution in [0.3, 0.4) is 0 Å². The van der Waals surface area contributed by atoms with Crippen molar-refractivity contribution in [3.8, 4) is 11.5 Å². The Morgan fingerprint density at radius 3 is 2.67 bits per heavy atom. The molecule has 1 N–H and O–H groups in total. The molecule has 1 unspecified atom stereocenters. The summed E-state index contributed by atoms with van der Waals surface area (Å²) in [5.74, 6) is 1.32. The van der Waals surface area contributed by atoms with Crippen LogP contribution in [0.15, 0.2) is 24.5 Å². The van der Waals surface area contributed by atoms with Gasteiger partial charge in [-0.1, -0.05) is 6.07 Å². The number of amides is 1. The number of aromatic nitrogens is 3.